The molecular weight excluding hydrogens is 338 g/mol. The molecule has 0 saturated heterocycles. The number of aromatic amines is 1. The fourth-order valence-corrected chi connectivity index (χ4v) is 3.28. The van der Waals surface area contributed by atoms with E-state index in [9.17, 15) is 4.79 Å². The van der Waals surface area contributed by atoms with Crippen molar-refractivity contribution in [2.75, 3.05) is 5.73 Å². The van der Waals surface area contributed by atoms with E-state index in [1.165, 1.54) is 0 Å². The van der Waals surface area contributed by atoms with Crippen molar-refractivity contribution in [2.24, 2.45) is 0 Å². The molecule has 5 heteroatoms. The van der Waals surface area contributed by atoms with Crippen molar-refractivity contribution in [3.8, 4) is 11.3 Å². The lowest BCUT2D eigenvalue weighted by Crippen LogP contribution is -2.24. The molecule has 1 aromatic heterocycles. The number of carbonyl (C=O) groups is 1. The Kier molecular flexibility index (Phi) is 3.88. The summed E-state index contributed by atoms with van der Waals surface area (Å²) in [6, 6.07) is 17.5. The quantitative estimate of drug-likeness (QED) is 0.393. The van der Waals surface area contributed by atoms with Crippen LogP contribution in [0, 0.1) is 0 Å². The number of hydrogen-bond donors (Lipinski definition) is 2. The average Bonchev–Trinajstić information content (AvgIpc) is 3.03. The molecule has 0 aliphatic heterocycles. The molecule has 0 radical (unpaired) electrons. The van der Waals surface area contributed by atoms with Crippen LogP contribution in [0.2, 0.25) is 0 Å². The standard InChI is InChI=1S/C22H21N3O2/c1-22(2,3)27-21(26)18-14-9-5-4-8-13(14)12-16(19(18)23)20-15-10-6-7-11-17(15)24-25-20/h4-12H,23H2,1-3H3,(H,24,25). The highest BCUT2D eigenvalue weighted by molar-refractivity contribution is 6.14. The van der Waals surface area contributed by atoms with Gasteiger partial charge in [0.15, 0.2) is 0 Å². The van der Waals surface area contributed by atoms with Crippen molar-refractivity contribution < 1.29 is 9.53 Å². The smallest absolute Gasteiger partial charge is 0.341 e. The zero-order valence-corrected chi connectivity index (χ0v) is 15.5. The first kappa shape index (κ1) is 17.1. The third-order valence-corrected chi connectivity index (χ3v) is 4.42. The number of H-pyrrole nitrogens is 1. The largest absolute Gasteiger partial charge is 0.456 e. The van der Waals surface area contributed by atoms with Gasteiger partial charge in [0.2, 0.25) is 0 Å². The molecule has 0 saturated carbocycles. The Morgan fingerprint density at radius 1 is 1.04 bits per heavy atom. The Hall–Kier alpha value is -3.34. The summed E-state index contributed by atoms with van der Waals surface area (Å²) < 4.78 is 5.63. The van der Waals surface area contributed by atoms with Crippen molar-refractivity contribution >= 4 is 33.3 Å². The molecule has 1 heterocycles. The minimum Gasteiger partial charge on any atom is -0.456 e. The lowest BCUT2D eigenvalue weighted by atomic mass is 9.95. The first-order valence-corrected chi connectivity index (χ1v) is 8.83. The molecule has 0 aliphatic carbocycles. The zero-order valence-electron chi connectivity index (χ0n) is 15.5. The van der Waals surface area contributed by atoms with Crippen LogP contribution in [0.1, 0.15) is 31.1 Å². The zero-order chi connectivity index (χ0) is 19.2. The number of esters is 1. The summed E-state index contributed by atoms with van der Waals surface area (Å²) in [4.78, 5) is 13.0. The average molecular weight is 359 g/mol. The third kappa shape index (κ3) is 3.01. The Morgan fingerprint density at radius 2 is 1.70 bits per heavy atom. The van der Waals surface area contributed by atoms with Gasteiger partial charge in [0.25, 0.3) is 0 Å². The van der Waals surface area contributed by atoms with Crippen LogP contribution in [0.25, 0.3) is 32.9 Å². The van der Waals surface area contributed by atoms with Gasteiger partial charge in [0.05, 0.1) is 16.8 Å². The van der Waals surface area contributed by atoms with Gasteiger partial charge < -0.3 is 10.5 Å². The molecule has 5 nitrogen and oxygen atoms in total. The van der Waals surface area contributed by atoms with Gasteiger partial charge in [-0.15, -0.1) is 0 Å². The van der Waals surface area contributed by atoms with Gasteiger partial charge in [-0.25, -0.2) is 4.79 Å². The molecule has 0 spiro atoms. The second kappa shape index (κ2) is 6.13. The summed E-state index contributed by atoms with van der Waals surface area (Å²) in [6.45, 7) is 5.52. The molecule has 27 heavy (non-hydrogen) atoms. The molecule has 4 rings (SSSR count). The number of nitrogens with zero attached hydrogens (tertiary/aromatic N) is 1. The Morgan fingerprint density at radius 3 is 2.44 bits per heavy atom. The molecule has 3 N–H and O–H groups in total. The number of aromatic nitrogens is 2. The predicted octanol–water partition coefficient (Wildman–Crippen LogP) is 4.92. The molecule has 0 unspecified atom stereocenters. The number of fused-ring (bicyclic) bond motifs is 2. The van der Waals surface area contributed by atoms with E-state index in [1.807, 2.05) is 75.4 Å². The normalized spacial score (nSPS) is 11.8. The summed E-state index contributed by atoms with van der Waals surface area (Å²) in [5.74, 6) is -0.433. The fourth-order valence-electron chi connectivity index (χ4n) is 3.28. The molecule has 0 aliphatic rings. The molecule has 136 valence electrons. The molecule has 3 aromatic carbocycles. The molecule has 0 atom stereocenters. The number of nitrogens with one attached hydrogen (secondary N) is 1. The van der Waals surface area contributed by atoms with Crippen molar-refractivity contribution in [2.45, 2.75) is 26.4 Å². The van der Waals surface area contributed by atoms with Gasteiger partial charge in [-0.3, -0.25) is 5.10 Å². The van der Waals surface area contributed by atoms with Gasteiger partial charge in [0, 0.05) is 10.9 Å². The second-order valence-corrected chi connectivity index (χ2v) is 7.55. The van der Waals surface area contributed by atoms with Crippen LogP contribution in [0.5, 0.6) is 0 Å². The summed E-state index contributed by atoms with van der Waals surface area (Å²) in [6.07, 6.45) is 0. The first-order chi connectivity index (χ1) is 12.8. The van der Waals surface area contributed by atoms with Crippen molar-refractivity contribution in [1.29, 1.82) is 0 Å². The third-order valence-electron chi connectivity index (χ3n) is 4.42. The molecule has 0 fully saturated rings. The maximum absolute atomic E-state index is 13.0. The van der Waals surface area contributed by atoms with Gasteiger partial charge in [-0.05, 0) is 43.7 Å². The topological polar surface area (TPSA) is 81.0 Å². The van der Waals surface area contributed by atoms with Crippen molar-refractivity contribution in [3.63, 3.8) is 0 Å². The van der Waals surface area contributed by atoms with E-state index < -0.39 is 11.6 Å². The SMILES string of the molecule is CC(C)(C)OC(=O)c1c(N)c(-c2n[nH]c3ccccc23)cc2ccccc12. The van der Waals surface area contributed by atoms with Gasteiger partial charge in [-0.1, -0.05) is 42.5 Å². The van der Waals surface area contributed by atoms with Crippen molar-refractivity contribution in [1.82, 2.24) is 10.2 Å². The molecule has 0 amide bonds. The van der Waals surface area contributed by atoms with Crippen LogP contribution >= 0.6 is 0 Å². The number of rotatable bonds is 2. The molecular formula is C22H21N3O2. The van der Waals surface area contributed by atoms with E-state index in [0.717, 1.165) is 27.4 Å². The lowest BCUT2D eigenvalue weighted by Gasteiger charge is -2.21. The number of hydrogen-bond acceptors (Lipinski definition) is 4. The molecule has 0 bridgehead atoms. The number of nitrogen functional groups attached to an aromatic ring is 1. The van der Waals surface area contributed by atoms with E-state index in [-0.39, 0.29) is 0 Å². The summed E-state index contributed by atoms with van der Waals surface area (Å²) in [5, 5.41) is 10.1. The Labute approximate surface area is 157 Å². The van der Waals surface area contributed by atoms with Gasteiger partial charge >= 0.3 is 5.97 Å². The number of anilines is 1. The van der Waals surface area contributed by atoms with Crippen LogP contribution in [-0.2, 0) is 4.74 Å². The maximum Gasteiger partial charge on any atom is 0.341 e. The first-order valence-electron chi connectivity index (χ1n) is 8.83. The Balaban J connectivity index is 2.00. The fraction of sp³-hybridized carbons (Fsp3) is 0.182. The van der Waals surface area contributed by atoms with Crippen LogP contribution in [0.3, 0.4) is 0 Å². The number of para-hydroxylation sites is 1. The van der Waals surface area contributed by atoms with E-state index >= 15 is 0 Å². The summed E-state index contributed by atoms with van der Waals surface area (Å²) in [7, 11) is 0. The molecule has 4 aromatic rings. The maximum atomic E-state index is 13.0. The number of nitrogens with two attached hydrogens (primary N) is 1. The predicted molar refractivity (Wildman–Crippen MR) is 109 cm³/mol. The van der Waals surface area contributed by atoms with E-state index in [0.29, 0.717) is 16.8 Å². The highest BCUT2D eigenvalue weighted by Gasteiger charge is 2.25. The highest BCUT2D eigenvalue weighted by atomic mass is 16.6. The van der Waals surface area contributed by atoms with Crippen LogP contribution in [0.15, 0.2) is 54.6 Å². The number of carbonyl (C=O) groups excluding carboxylic acids is 1. The summed E-state index contributed by atoms with van der Waals surface area (Å²) >= 11 is 0. The van der Waals surface area contributed by atoms with Crippen LogP contribution in [-0.4, -0.2) is 21.8 Å². The van der Waals surface area contributed by atoms with Gasteiger partial charge in [-0.2, -0.15) is 5.10 Å². The summed E-state index contributed by atoms with van der Waals surface area (Å²) in [5.41, 5.74) is 8.99. The van der Waals surface area contributed by atoms with Gasteiger partial charge in [0.1, 0.15) is 11.3 Å². The second-order valence-electron chi connectivity index (χ2n) is 7.55. The van der Waals surface area contributed by atoms with E-state index in [4.69, 9.17) is 10.5 Å². The van der Waals surface area contributed by atoms with Crippen molar-refractivity contribution in [3.05, 3.63) is 60.2 Å². The minimum absolute atomic E-state index is 0.375. The number of benzene rings is 3. The Bertz CT molecular complexity index is 1170. The lowest BCUT2D eigenvalue weighted by molar-refractivity contribution is 0.00731. The van der Waals surface area contributed by atoms with E-state index in [2.05, 4.69) is 10.2 Å². The monoisotopic (exact) mass is 359 g/mol. The van der Waals surface area contributed by atoms with Crippen LogP contribution < -0.4 is 5.73 Å². The van der Waals surface area contributed by atoms with Crippen LogP contribution in [0.4, 0.5) is 5.69 Å². The van der Waals surface area contributed by atoms with E-state index in [1.54, 1.807) is 0 Å². The minimum atomic E-state index is -0.611. The number of ether oxygens (including phenoxy) is 1. The highest BCUT2D eigenvalue weighted by Crippen LogP contribution is 2.37.